The normalized spacial score (nSPS) is 20.0. The van der Waals surface area contributed by atoms with Crippen molar-refractivity contribution in [1.82, 2.24) is 10.2 Å². The van der Waals surface area contributed by atoms with E-state index in [0.717, 1.165) is 5.56 Å². The van der Waals surface area contributed by atoms with Crippen LogP contribution in [0.25, 0.3) is 4.91 Å². The minimum absolute atomic E-state index is 0.0855. The molecular weight excluding hydrogens is 182 g/mol. The second-order valence-corrected chi connectivity index (χ2v) is 4.39. The Morgan fingerprint density at radius 3 is 2.92 bits per heavy atom. The van der Waals surface area contributed by atoms with Crippen LogP contribution in [0.3, 0.4) is 0 Å². The summed E-state index contributed by atoms with van der Waals surface area (Å²) in [6.07, 6.45) is 5.88. The molecule has 3 nitrogen and oxygen atoms in total. The Morgan fingerprint density at radius 1 is 1.46 bits per heavy atom. The Labute approximate surface area is 81.3 Å². The van der Waals surface area contributed by atoms with E-state index in [0.29, 0.717) is 0 Å². The van der Waals surface area contributed by atoms with Crippen LogP contribution < -0.4 is 0 Å². The molecule has 0 saturated heterocycles. The van der Waals surface area contributed by atoms with Crippen molar-refractivity contribution in [1.29, 1.82) is 0 Å². The summed E-state index contributed by atoms with van der Waals surface area (Å²) in [7, 11) is 0. The van der Waals surface area contributed by atoms with Crippen molar-refractivity contribution in [2.45, 2.75) is 19.4 Å². The highest BCUT2D eigenvalue weighted by Crippen LogP contribution is 2.32. The van der Waals surface area contributed by atoms with Gasteiger partial charge in [-0.05, 0) is 19.9 Å². The van der Waals surface area contributed by atoms with Crippen molar-refractivity contribution in [3.05, 3.63) is 24.0 Å². The van der Waals surface area contributed by atoms with Crippen LogP contribution in [-0.2, 0) is 0 Å². The summed E-state index contributed by atoms with van der Waals surface area (Å²) in [4.78, 5) is 5.57. The molecule has 0 aliphatic carbocycles. The molecule has 0 fully saturated rings. The van der Waals surface area contributed by atoms with Crippen LogP contribution >= 0.6 is 11.8 Å². The summed E-state index contributed by atoms with van der Waals surface area (Å²) in [5.41, 5.74) is 2.93. The first-order valence-electron chi connectivity index (χ1n) is 4.10. The molecular formula is C9H11N3S. The van der Waals surface area contributed by atoms with Gasteiger partial charge in [0.15, 0.2) is 0 Å². The smallest absolute Gasteiger partial charge is 0.0751 e. The van der Waals surface area contributed by atoms with Crippen LogP contribution in [0.4, 0.5) is 0 Å². The third kappa shape index (κ3) is 1.83. The summed E-state index contributed by atoms with van der Waals surface area (Å²) in [6.45, 7) is 4.17. The molecule has 0 spiro atoms. The van der Waals surface area contributed by atoms with Gasteiger partial charge in [0.25, 0.3) is 0 Å². The molecule has 1 aromatic heterocycles. The van der Waals surface area contributed by atoms with Crippen molar-refractivity contribution in [3.8, 4) is 0 Å². The second kappa shape index (κ2) is 3.03. The number of H-pyrrole nitrogens is 1. The van der Waals surface area contributed by atoms with Gasteiger partial charge < -0.3 is 0 Å². The molecule has 0 aromatic carbocycles. The van der Waals surface area contributed by atoms with Gasteiger partial charge in [0.1, 0.15) is 0 Å². The maximum Gasteiger partial charge on any atom is 0.0751 e. The number of aromatic amines is 1. The minimum Gasteiger partial charge on any atom is -0.285 e. The first-order chi connectivity index (χ1) is 6.17. The predicted molar refractivity (Wildman–Crippen MR) is 56.7 cm³/mol. The van der Waals surface area contributed by atoms with Crippen LogP contribution in [0, 0.1) is 0 Å². The number of hydrogen-bond acceptors (Lipinski definition) is 3. The SMILES string of the molecule is CC1(C)C=C(c2cn[nH]c2)SC=N1. The predicted octanol–water partition coefficient (Wildman–Crippen LogP) is 2.30. The number of thioether (sulfide) groups is 1. The topological polar surface area (TPSA) is 41.0 Å². The fraction of sp³-hybridized carbons (Fsp3) is 0.333. The van der Waals surface area contributed by atoms with Crippen LogP contribution in [0.2, 0.25) is 0 Å². The largest absolute Gasteiger partial charge is 0.285 e. The Bertz CT molecular complexity index is 349. The molecule has 0 radical (unpaired) electrons. The lowest BCUT2D eigenvalue weighted by Crippen LogP contribution is -2.15. The maximum atomic E-state index is 4.35. The number of nitrogens with one attached hydrogen (secondary N) is 1. The van der Waals surface area contributed by atoms with Crippen LogP contribution in [0.5, 0.6) is 0 Å². The maximum absolute atomic E-state index is 4.35. The Balaban J connectivity index is 2.32. The molecule has 0 amide bonds. The summed E-state index contributed by atoms with van der Waals surface area (Å²) >= 11 is 1.63. The highest BCUT2D eigenvalue weighted by molar-refractivity contribution is 8.20. The number of nitrogens with zero attached hydrogens (tertiary/aromatic N) is 2. The fourth-order valence-electron chi connectivity index (χ4n) is 1.15. The summed E-state index contributed by atoms with van der Waals surface area (Å²) in [5, 5.41) is 6.73. The van der Waals surface area contributed by atoms with E-state index in [2.05, 4.69) is 35.1 Å². The van der Waals surface area contributed by atoms with Gasteiger partial charge in [-0.15, -0.1) is 0 Å². The first-order valence-corrected chi connectivity index (χ1v) is 4.98. The van der Waals surface area contributed by atoms with Crippen molar-refractivity contribution in [3.63, 3.8) is 0 Å². The van der Waals surface area contributed by atoms with Crippen molar-refractivity contribution >= 4 is 22.2 Å². The molecule has 13 heavy (non-hydrogen) atoms. The lowest BCUT2D eigenvalue weighted by molar-refractivity contribution is 0.664. The molecule has 1 aliphatic heterocycles. The molecule has 0 unspecified atom stereocenters. The zero-order chi connectivity index (χ0) is 9.31. The van der Waals surface area contributed by atoms with E-state index >= 15 is 0 Å². The van der Waals surface area contributed by atoms with E-state index in [1.807, 2.05) is 17.9 Å². The molecule has 4 heteroatoms. The van der Waals surface area contributed by atoms with Crippen LogP contribution in [-0.4, -0.2) is 21.3 Å². The van der Waals surface area contributed by atoms with Crippen LogP contribution in [0.1, 0.15) is 19.4 Å². The number of aliphatic imine (C=N–C) groups is 1. The standard InChI is InChI=1S/C9H11N3S/c1-9(2)3-8(13-6-10-9)7-4-11-12-5-7/h3-6H,1-2H3,(H,11,12). The molecule has 1 aliphatic rings. The number of aromatic nitrogens is 2. The number of rotatable bonds is 1. The van der Waals surface area contributed by atoms with Crippen molar-refractivity contribution in [2.75, 3.05) is 0 Å². The van der Waals surface area contributed by atoms with Crippen molar-refractivity contribution < 1.29 is 0 Å². The molecule has 0 bridgehead atoms. The van der Waals surface area contributed by atoms with E-state index in [1.165, 1.54) is 4.91 Å². The van der Waals surface area contributed by atoms with Gasteiger partial charge in [0, 0.05) is 16.7 Å². The van der Waals surface area contributed by atoms with Crippen molar-refractivity contribution in [2.24, 2.45) is 4.99 Å². The first kappa shape index (κ1) is 8.56. The molecule has 1 aromatic rings. The minimum atomic E-state index is -0.0855. The highest BCUT2D eigenvalue weighted by atomic mass is 32.2. The highest BCUT2D eigenvalue weighted by Gasteiger charge is 2.18. The van der Waals surface area contributed by atoms with Gasteiger partial charge in [-0.3, -0.25) is 10.1 Å². The van der Waals surface area contributed by atoms with Crippen LogP contribution in [0.15, 0.2) is 23.5 Å². The zero-order valence-corrected chi connectivity index (χ0v) is 8.43. The van der Waals surface area contributed by atoms with E-state index in [4.69, 9.17) is 0 Å². The summed E-state index contributed by atoms with van der Waals surface area (Å²) < 4.78 is 0. The fourth-order valence-corrected chi connectivity index (χ4v) is 2.19. The van der Waals surface area contributed by atoms with Gasteiger partial charge in [-0.1, -0.05) is 11.8 Å². The lowest BCUT2D eigenvalue weighted by atomic mass is 10.1. The summed E-state index contributed by atoms with van der Waals surface area (Å²) in [5.74, 6) is 0. The quantitative estimate of drug-likeness (QED) is 0.743. The average Bonchev–Trinajstić information content (AvgIpc) is 2.53. The van der Waals surface area contributed by atoms with Gasteiger partial charge in [0.05, 0.1) is 17.3 Å². The monoisotopic (exact) mass is 193 g/mol. The Kier molecular flexibility index (Phi) is 2.00. The lowest BCUT2D eigenvalue weighted by Gasteiger charge is -2.19. The third-order valence-electron chi connectivity index (χ3n) is 1.83. The zero-order valence-electron chi connectivity index (χ0n) is 7.61. The Morgan fingerprint density at radius 2 is 2.31 bits per heavy atom. The molecule has 1 N–H and O–H groups in total. The van der Waals surface area contributed by atoms with E-state index in [1.54, 1.807) is 11.8 Å². The molecule has 68 valence electrons. The van der Waals surface area contributed by atoms with Gasteiger partial charge in [-0.25, -0.2) is 0 Å². The van der Waals surface area contributed by atoms with Gasteiger partial charge in [0.2, 0.25) is 0 Å². The molecule has 0 saturated carbocycles. The Hall–Kier alpha value is -1.03. The molecule has 2 rings (SSSR count). The average molecular weight is 193 g/mol. The van der Waals surface area contributed by atoms with Gasteiger partial charge >= 0.3 is 0 Å². The van der Waals surface area contributed by atoms with E-state index < -0.39 is 0 Å². The van der Waals surface area contributed by atoms with Gasteiger partial charge in [-0.2, -0.15) is 5.10 Å². The second-order valence-electron chi connectivity index (χ2n) is 3.50. The van der Waals surface area contributed by atoms with E-state index in [-0.39, 0.29) is 5.54 Å². The summed E-state index contributed by atoms with van der Waals surface area (Å²) in [6, 6.07) is 0. The van der Waals surface area contributed by atoms with E-state index in [9.17, 15) is 0 Å². The number of hydrogen-bond donors (Lipinski definition) is 1. The molecule has 0 atom stereocenters. The molecule has 2 heterocycles. The third-order valence-corrected chi connectivity index (χ3v) is 2.65.